The van der Waals surface area contributed by atoms with Gasteiger partial charge in [-0.05, 0) is 67.6 Å². The number of ether oxygens (including phenoxy) is 1. The van der Waals surface area contributed by atoms with Crippen molar-refractivity contribution in [3.8, 4) is 5.75 Å². The topological polar surface area (TPSA) is 111 Å². The number of carbonyl (C=O) groups is 1. The second-order valence-electron chi connectivity index (χ2n) is 7.08. The van der Waals surface area contributed by atoms with Gasteiger partial charge in [0, 0.05) is 23.9 Å². The molecule has 0 saturated carbocycles. The maximum absolute atomic E-state index is 12.9. The normalized spacial score (nSPS) is 11.4. The summed E-state index contributed by atoms with van der Waals surface area (Å²) in [5.41, 5.74) is 2.16. The number of anilines is 2. The van der Waals surface area contributed by atoms with Gasteiger partial charge in [0.15, 0.2) is 11.5 Å². The third-order valence-electron chi connectivity index (χ3n) is 4.65. The van der Waals surface area contributed by atoms with Crippen LogP contribution in [0.2, 0.25) is 5.02 Å². The average molecular weight is 486 g/mol. The zero-order valence-corrected chi connectivity index (χ0v) is 19.3. The van der Waals surface area contributed by atoms with Crippen LogP contribution in [0.4, 0.5) is 11.4 Å². The van der Waals surface area contributed by atoms with Crippen LogP contribution in [0.25, 0.3) is 11.1 Å². The van der Waals surface area contributed by atoms with Gasteiger partial charge in [-0.2, -0.15) is 0 Å². The predicted molar refractivity (Wildman–Crippen MR) is 127 cm³/mol. The lowest BCUT2D eigenvalue weighted by Gasteiger charge is -2.12. The molecular formula is C23H20ClN3O5S. The standard InChI is InChI=1S/C23H20ClN3O5S/c1-3-31-18-8-5-16(6-9-18)27-33(29,30)22-12-15(4-10-19(22)24)23(28)26-17-7-11-21-20(13-17)25-14(2)32-21/h4-13,27H,3H2,1-2H3,(H,26,28). The molecule has 0 bridgehead atoms. The van der Waals surface area contributed by atoms with Crippen molar-refractivity contribution >= 4 is 50.0 Å². The van der Waals surface area contributed by atoms with Gasteiger partial charge < -0.3 is 14.5 Å². The summed E-state index contributed by atoms with van der Waals surface area (Å²) in [5, 5.41) is 2.72. The van der Waals surface area contributed by atoms with Crippen molar-refractivity contribution in [2.75, 3.05) is 16.6 Å². The summed E-state index contributed by atoms with van der Waals surface area (Å²) >= 11 is 6.16. The highest BCUT2D eigenvalue weighted by atomic mass is 35.5. The Kier molecular flexibility index (Phi) is 6.26. The Bertz CT molecular complexity index is 1430. The van der Waals surface area contributed by atoms with E-state index in [2.05, 4.69) is 15.0 Å². The van der Waals surface area contributed by atoms with Crippen LogP contribution >= 0.6 is 11.6 Å². The number of fused-ring (bicyclic) bond motifs is 1. The lowest BCUT2D eigenvalue weighted by molar-refractivity contribution is 0.102. The average Bonchev–Trinajstić information content (AvgIpc) is 3.14. The van der Waals surface area contributed by atoms with Gasteiger partial charge in [0.2, 0.25) is 0 Å². The summed E-state index contributed by atoms with van der Waals surface area (Å²) in [5.74, 6) is 0.640. The monoisotopic (exact) mass is 485 g/mol. The molecule has 8 nitrogen and oxygen atoms in total. The van der Waals surface area contributed by atoms with E-state index >= 15 is 0 Å². The number of oxazole rings is 1. The number of nitrogens with one attached hydrogen (secondary N) is 2. The van der Waals surface area contributed by atoms with Crippen LogP contribution in [-0.2, 0) is 10.0 Å². The van der Waals surface area contributed by atoms with Gasteiger partial charge in [-0.1, -0.05) is 11.6 Å². The molecule has 1 amide bonds. The van der Waals surface area contributed by atoms with Crippen molar-refractivity contribution in [2.45, 2.75) is 18.7 Å². The van der Waals surface area contributed by atoms with Gasteiger partial charge in [0.05, 0.1) is 11.6 Å². The number of aromatic nitrogens is 1. The Morgan fingerprint density at radius 1 is 1.06 bits per heavy atom. The number of carbonyl (C=O) groups excluding carboxylic acids is 1. The van der Waals surface area contributed by atoms with Crippen molar-refractivity contribution in [2.24, 2.45) is 0 Å². The van der Waals surface area contributed by atoms with E-state index < -0.39 is 15.9 Å². The summed E-state index contributed by atoms with van der Waals surface area (Å²) < 4.78 is 39.1. The molecule has 4 rings (SSSR count). The Hall–Kier alpha value is -3.56. The number of sulfonamides is 1. The Morgan fingerprint density at radius 2 is 1.79 bits per heavy atom. The van der Waals surface area contributed by atoms with Gasteiger partial charge in [-0.15, -0.1) is 0 Å². The molecule has 1 heterocycles. The molecule has 0 radical (unpaired) electrons. The molecule has 0 atom stereocenters. The van der Waals surface area contributed by atoms with Crippen LogP contribution in [0.1, 0.15) is 23.2 Å². The molecule has 0 spiro atoms. The SMILES string of the molecule is CCOc1ccc(NS(=O)(=O)c2cc(C(=O)Nc3ccc4oc(C)nc4c3)ccc2Cl)cc1. The first-order valence-electron chi connectivity index (χ1n) is 9.99. The molecule has 1 aromatic heterocycles. The van der Waals surface area contributed by atoms with Crippen LogP contribution in [0.15, 0.2) is 70.0 Å². The minimum atomic E-state index is -4.05. The van der Waals surface area contributed by atoms with Crippen molar-refractivity contribution in [1.82, 2.24) is 4.98 Å². The van der Waals surface area contributed by atoms with Crippen LogP contribution in [0.5, 0.6) is 5.75 Å². The molecular weight excluding hydrogens is 466 g/mol. The molecule has 0 saturated heterocycles. The van der Waals surface area contributed by atoms with E-state index in [1.807, 2.05) is 6.92 Å². The van der Waals surface area contributed by atoms with Crippen LogP contribution in [0, 0.1) is 6.92 Å². The maximum atomic E-state index is 12.9. The third-order valence-corrected chi connectivity index (χ3v) is 6.52. The molecule has 33 heavy (non-hydrogen) atoms. The summed E-state index contributed by atoms with van der Waals surface area (Å²) in [4.78, 5) is 16.8. The zero-order chi connectivity index (χ0) is 23.6. The van der Waals surface area contributed by atoms with Gasteiger partial charge in [-0.3, -0.25) is 9.52 Å². The fraction of sp³-hybridized carbons (Fsp3) is 0.130. The lowest BCUT2D eigenvalue weighted by Crippen LogP contribution is -2.16. The van der Waals surface area contributed by atoms with E-state index in [0.717, 1.165) is 0 Å². The molecule has 0 fully saturated rings. The minimum Gasteiger partial charge on any atom is -0.494 e. The van der Waals surface area contributed by atoms with E-state index in [0.29, 0.717) is 40.7 Å². The highest BCUT2D eigenvalue weighted by molar-refractivity contribution is 7.92. The highest BCUT2D eigenvalue weighted by Crippen LogP contribution is 2.27. The summed E-state index contributed by atoms with van der Waals surface area (Å²) in [6.07, 6.45) is 0. The second kappa shape index (κ2) is 9.13. The first-order valence-corrected chi connectivity index (χ1v) is 11.8. The summed E-state index contributed by atoms with van der Waals surface area (Å²) in [6.45, 7) is 4.09. The minimum absolute atomic E-state index is 0.00974. The number of rotatable bonds is 7. The molecule has 0 aliphatic rings. The first kappa shape index (κ1) is 22.6. The molecule has 4 aromatic rings. The summed E-state index contributed by atoms with van der Waals surface area (Å²) in [7, 11) is -4.05. The van der Waals surface area contributed by atoms with E-state index in [4.69, 9.17) is 20.8 Å². The number of benzene rings is 3. The quantitative estimate of drug-likeness (QED) is 0.370. The fourth-order valence-corrected chi connectivity index (χ4v) is 4.76. The van der Waals surface area contributed by atoms with Crippen molar-refractivity contribution in [3.05, 3.63) is 77.1 Å². The molecule has 0 aliphatic heterocycles. The smallest absolute Gasteiger partial charge is 0.263 e. The van der Waals surface area contributed by atoms with Gasteiger partial charge in [-0.25, -0.2) is 13.4 Å². The number of aryl methyl sites for hydroxylation is 1. The van der Waals surface area contributed by atoms with E-state index in [9.17, 15) is 13.2 Å². The van der Waals surface area contributed by atoms with Crippen molar-refractivity contribution < 1.29 is 22.4 Å². The highest BCUT2D eigenvalue weighted by Gasteiger charge is 2.21. The first-order chi connectivity index (χ1) is 15.7. The van der Waals surface area contributed by atoms with Crippen LogP contribution in [0.3, 0.4) is 0 Å². The van der Waals surface area contributed by atoms with Crippen molar-refractivity contribution in [1.29, 1.82) is 0 Å². The van der Waals surface area contributed by atoms with Crippen LogP contribution < -0.4 is 14.8 Å². The Labute approximate surface area is 195 Å². The van der Waals surface area contributed by atoms with Gasteiger partial charge in [0.1, 0.15) is 16.2 Å². The number of amides is 1. The predicted octanol–water partition coefficient (Wildman–Crippen LogP) is 5.24. The molecule has 2 N–H and O–H groups in total. The number of nitrogens with zero attached hydrogens (tertiary/aromatic N) is 1. The Morgan fingerprint density at radius 3 is 2.52 bits per heavy atom. The molecule has 3 aromatic carbocycles. The number of hydrogen-bond donors (Lipinski definition) is 2. The zero-order valence-electron chi connectivity index (χ0n) is 17.8. The van der Waals surface area contributed by atoms with Crippen LogP contribution in [-0.4, -0.2) is 25.9 Å². The van der Waals surface area contributed by atoms with E-state index in [1.54, 1.807) is 49.4 Å². The second-order valence-corrected chi connectivity index (χ2v) is 9.14. The fourth-order valence-electron chi connectivity index (χ4n) is 3.17. The third kappa shape index (κ3) is 5.10. The largest absolute Gasteiger partial charge is 0.494 e. The van der Waals surface area contributed by atoms with Crippen molar-refractivity contribution in [3.63, 3.8) is 0 Å². The van der Waals surface area contributed by atoms with E-state index in [1.165, 1.54) is 18.2 Å². The number of halogens is 1. The molecule has 10 heteroatoms. The summed E-state index contributed by atoms with van der Waals surface area (Å²) in [6, 6.07) is 15.6. The lowest BCUT2D eigenvalue weighted by atomic mass is 10.2. The molecule has 0 unspecified atom stereocenters. The molecule has 0 aliphatic carbocycles. The molecule has 170 valence electrons. The number of hydrogen-bond acceptors (Lipinski definition) is 6. The van der Waals surface area contributed by atoms with E-state index in [-0.39, 0.29) is 15.5 Å². The maximum Gasteiger partial charge on any atom is 0.263 e. The Balaban J connectivity index is 1.55. The van der Waals surface area contributed by atoms with Gasteiger partial charge >= 0.3 is 0 Å². The van der Waals surface area contributed by atoms with Gasteiger partial charge in [0.25, 0.3) is 15.9 Å².